The standard InChI is InChI=1S/C18H34N6O/c1-15-12-23(13-16(2)25-15)18(3,4)14-21-17(19-5)20-8-6-10-24-11-7-9-22-24/h7,9,11,15-16H,6,8,10,12-14H2,1-5H3,(H2,19,20,21). The first kappa shape index (κ1) is 19.7. The van der Waals surface area contributed by atoms with Crippen LogP contribution in [0, 0.1) is 0 Å². The fourth-order valence-corrected chi connectivity index (χ4v) is 3.19. The van der Waals surface area contributed by atoms with Gasteiger partial charge in [-0.25, -0.2) is 0 Å². The summed E-state index contributed by atoms with van der Waals surface area (Å²) in [6.45, 7) is 13.4. The molecule has 2 heterocycles. The van der Waals surface area contributed by atoms with E-state index in [0.29, 0.717) is 0 Å². The van der Waals surface area contributed by atoms with Crippen LogP contribution in [0.4, 0.5) is 0 Å². The third kappa shape index (κ3) is 6.32. The number of aryl methyl sites for hydroxylation is 1. The minimum Gasteiger partial charge on any atom is -0.373 e. The van der Waals surface area contributed by atoms with Crippen molar-refractivity contribution in [2.45, 2.75) is 58.4 Å². The highest BCUT2D eigenvalue weighted by atomic mass is 16.5. The summed E-state index contributed by atoms with van der Waals surface area (Å²) in [6.07, 6.45) is 5.36. The number of guanidine groups is 1. The van der Waals surface area contributed by atoms with Crippen molar-refractivity contribution in [2.24, 2.45) is 4.99 Å². The van der Waals surface area contributed by atoms with Crippen LogP contribution >= 0.6 is 0 Å². The molecule has 2 rings (SSSR count). The van der Waals surface area contributed by atoms with Gasteiger partial charge >= 0.3 is 0 Å². The number of hydrogen-bond donors (Lipinski definition) is 2. The van der Waals surface area contributed by atoms with E-state index in [9.17, 15) is 0 Å². The molecule has 142 valence electrons. The molecular formula is C18H34N6O. The van der Waals surface area contributed by atoms with Gasteiger partial charge in [0, 0.05) is 57.7 Å². The zero-order valence-corrected chi connectivity index (χ0v) is 16.3. The van der Waals surface area contributed by atoms with E-state index in [4.69, 9.17) is 4.74 Å². The van der Waals surface area contributed by atoms with Gasteiger partial charge in [0.1, 0.15) is 0 Å². The number of rotatable bonds is 7. The molecule has 1 aromatic heterocycles. The van der Waals surface area contributed by atoms with E-state index in [-0.39, 0.29) is 17.7 Å². The number of nitrogens with zero attached hydrogens (tertiary/aromatic N) is 4. The van der Waals surface area contributed by atoms with Crippen molar-refractivity contribution in [1.29, 1.82) is 0 Å². The van der Waals surface area contributed by atoms with Crippen LogP contribution in [0.25, 0.3) is 0 Å². The lowest BCUT2D eigenvalue weighted by molar-refractivity contribution is -0.0946. The molecule has 2 unspecified atom stereocenters. The molecule has 7 nitrogen and oxygen atoms in total. The number of ether oxygens (including phenoxy) is 1. The van der Waals surface area contributed by atoms with Gasteiger partial charge in [-0.15, -0.1) is 0 Å². The summed E-state index contributed by atoms with van der Waals surface area (Å²) in [5.41, 5.74) is 0.0407. The van der Waals surface area contributed by atoms with Gasteiger partial charge in [0.05, 0.1) is 12.2 Å². The average Bonchev–Trinajstić information content (AvgIpc) is 3.06. The average molecular weight is 351 g/mol. The molecule has 0 saturated carbocycles. The Morgan fingerprint density at radius 2 is 2.00 bits per heavy atom. The summed E-state index contributed by atoms with van der Waals surface area (Å²) in [4.78, 5) is 6.83. The highest BCUT2D eigenvalue weighted by Gasteiger charge is 2.33. The lowest BCUT2D eigenvalue weighted by atomic mass is 10.00. The minimum atomic E-state index is 0.0407. The van der Waals surface area contributed by atoms with Crippen LogP contribution < -0.4 is 10.6 Å². The number of aromatic nitrogens is 2. The van der Waals surface area contributed by atoms with E-state index >= 15 is 0 Å². The fourth-order valence-electron chi connectivity index (χ4n) is 3.19. The van der Waals surface area contributed by atoms with Crippen LogP contribution in [0.1, 0.15) is 34.1 Å². The first-order chi connectivity index (χ1) is 11.9. The third-order valence-corrected chi connectivity index (χ3v) is 4.60. The van der Waals surface area contributed by atoms with E-state index in [1.807, 2.05) is 30.2 Å². The van der Waals surface area contributed by atoms with Gasteiger partial charge in [0.15, 0.2) is 5.96 Å². The molecule has 1 aliphatic heterocycles. The Balaban J connectivity index is 1.73. The molecule has 0 amide bonds. The van der Waals surface area contributed by atoms with Gasteiger partial charge < -0.3 is 15.4 Å². The Hall–Kier alpha value is -1.60. The summed E-state index contributed by atoms with van der Waals surface area (Å²) in [5.74, 6) is 0.850. The van der Waals surface area contributed by atoms with Crippen molar-refractivity contribution in [3.8, 4) is 0 Å². The Morgan fingerprint density at radius 3 is 2.60 bits per heavy atom. The number of hydrogen-bond acceptors (Lipinski definition) is 4. The predicted octanol–water partition coefficient (Wildman–Crippen LogP) is 1.33. The number of nitrogens with one attached hydrogen (secondary N) is 2. The van der Waals surface area contributed by atoms with Crippen molar-refractivity contribution in [1.82, 2.24) is 25.3 Å². The highest BCUT2D eigenvalue weighted by molar-refractivity contribution is 5.79. The van der Waals surface area contributed by atoms with Crippen LogP contribution in [0.5, 0.6) is 0 Å². The fraction of sp³-hybridized carbons (Fsp3) is 0.778. The molecule has 7 heteroatoms. The van der Waals surface area contributed by atoms with Gasteiger partial charge in [0.2, 0.25) is 0 Å². The largest absolute Gasteiger partial charge is 0.373 e. The molecular weight excluding hydrogens is 316 g/mol. The highest BCUT2D eigenvalue weighted by Crippen LogP contribution is 2.20. The van der Waals surface area contributed by atoms with E-state index in [0.717, 1.165) is 45.1 Å². The maximum atomic E-state index is 5.85. The number of aliphatic imine (C=N–C) groups is 1. The van der Waals surface area contributed by atoms with Gasteiger partial charge in [-0.2, -0.15) is 5.10 Å². The van der Waals surface area contributed by atoms with Gasteiger partial charge in [-0.3, -0.25) is 14.6 Å². The molecule has 1 saturated heterocycles. The topological polar surface area (TPSA) is 66.7 Å². The summed E-state index contributed by atoms with van der Waals surface area (Å²) in [7, 11) is 1.81. The maximum Gasteiger partial charge on any atom is 0.191 e. The Morgan fingerprint density at radius 1 is 1.28 bits per heavy atom. The lowest BCUT2D eigenvalue weighted by Gasteiger charge is -2.45. The van der Waals surface area contributed by atoms with Gasteiger partial charge in [0.25, 0.3) is 0 Å². The van der Waals surface area contributed by atoms with E-state index in [2.05, 4.69) is 53.3 Å². The van der Waals surface area contributed by atoms with Crippen LogP contribution in [0.3, 0.4) is 0 Å². The molecule has 25 heavy (non-hydrogen) atoms. The second-order valence-corrected chi connectivity index (χ2v) is 7.45. The first-order valence-electron chi connectivity index (χ1n) is 9.23. The second kappa shape index (κ2) is 9.20. The first-order valence-corrected chi connectivity index (χ1v) is 9.23. The minimum absolute atomic E-state index is 0.0407. The van der Waals surface area contributed by atoms with Gasteiger partial charge in [-0.05, 0) is 40.2 Å². The zero-order valence-electron chi connectivity index (χ0n) is 16.3. The van der Waals surface area contributed by atoms with Crippen molar-refractivity contribution in [3.05, 3.63) is 18.5 Å². The van der Waals surface area contributed by atoms with Gasteiger partial charge in [-0.1, -0.05) is 0 Å². The summed E-state index contributed by atoms with van der Waals surface area (Å²) in [6, 6.07) is 1.95. The van der Waals surface area contributed by atoms with E-state index in [1.165, 1.54) is 0 Å². The van der Waals surface area contributed by atoms with Crippen molar-refractivity contribution < 1.29 is 4.74 Å². The molecule has 1 fully saturated rings. The Bertz CT molecular complexity index is 518. The van der Waals surface area contributed by atoms with Crippen molar-refractivity contribution in [3.63, 3.8) is 0 Å². The smallest absolute Gasteiger partial charge is 0.191 e. The normalized spacial score (nSPS) is 22.8. The van der Waals surface area contributed by atoms with E-state index < -0.39 is 0 Å². The summed E-state index contributed by atoms with van der Waals surface area (Å²) < 4.78 is 7.80. The molecule has 0 bridgehead atoms. The predicted molar refractivity (Wildman–Crippen MR) is 102 cm³/mol. The van der Waals surface area contributed by atoms with Crippen LogP contribution in [0.15, 0.2) is 23.5 Å². The van der Waals surface area contributed by atoms with E-state index in [1.54, 1.807) is 0 Å². The molecule has 0 spiro atoms. The molecule has 1 aliphatic rings. The summed E-state index contributed by atoms with van der Waals surface area (Å²) >= 11 is 0. The second-order valence-electron chi connectivity index (χ2n) is 7.45. The molecule has 1 aromatic rings. The lowest BCUT2D eigenvalue weighted by Crippen LogP contribution is -2.59. The number of morpholine rings is 1. The van der Waals surface area contributed by atoms with Crippen molar-refractivity contribution in [2.75, 3.05) is 33.2 Å². The maximum absolute atomic E-state index is 5.85. The SMILES string of the molecule is CN=C(NCCCn1cccn1)NCC(C)(C)N1CC(C)OC(C)C1. The quantitative estimate of drug-likeness (QED) is 0.441. The van der Waals surface area contributed by atoms with Crippen molar-refractivity contribution >= 4 is 5.96 Å². The molecule has 0 aromatic carbocycles. The Labute approximate surface area is 151 Å². The van der Waals surface area contributed by atoms with Crippen LogP contribution in [-0.4, -0.2) is 71.6 Å². The van der Waals surface area contributed by atoms with Crippen LogP contribution in [-0.2, 0) is 11.3 Å². The molecule has 0 radical (unpaired) electrons. The third-order valence-electron chi connectivity index (χ3n) is 4.60. The Kier molecular flexibility index (Phi) is 7.25. The molecule has 2 atom stereocenters. The molecule has 0 aliphatic carbocycles. The monoisotopic (exact) mass is 350 g/mol. The summed E-state index contributed by atoms with van der Waals surface area (Å²) in [5, 5.41) is 11.1. The van der Waals surface area contributed by atoms with Crippen LogP contribution in [0.2, 0.25) is 0 Å². The molecule has 2 N–H and O–H groups in total. The zero-order chi connectivity index (χ0) is 18.3.